The number of aryl methyl sites for hydroxylation is 2. The fourth-order valence-electron chi connectivity index (χ4n) is 5.82. The van der Waals surface area contributed by atoms with Gasteiger partial charge in [0.15, 0.2) is 0 Å². The van der Waals surface area contributed by atoms with Gasteiger partial charge in [-0.25, -0.2) is 4.98 Å². The summed E-state index contributed by atoms with van der Waals surface area (Å²) in [6.07, 6.45) is 7.71. The molecule has 0 radical (unpaired) electrons. The van der Waals surface area contributed by atoms with E-state index in [2.05, 4.69) is 22.0 Å². The second-order valence-electron chi connectivity index (χ2n) is 9.49. The Bertz CT molecular complexity index is 1030. The van der Waals surface area contributed by atoms with Crippen molar-refractivity contribution in [1.82, 2.24) is 14.9 Å². The summed E-state index contributed by atoms with van der Waals surface area (Å²) in [6, 6.07) is 4.63. The van der Waals surface area contributed by atoms with Crippen LogP contribution in [0, 0.1) is 0 Å². The van der Waals surface area contributed by atoms with Crippen molar-refractivity contribution in [3.63, 3.8) is 0 Å². The van der Waals surface area contributed by atoms with E-state index in [9.17, 15) is 4.79 Å². The zero-order chi connectivity index (χ0) is 20.9. The van der Waals surface area contributed by atoms with Crippen molar-refractivity contribution >= 4 is 5.95 Å². The van der Waals surface area contributed by atoms with Gasteiger partial charge in [-0.2, -0.15) is 0 Å². The van der Waals surface area contributed by atoms with Crippen molar-refractivity contribution in [2.24, 2.45) is 0 Å². The largest absolute Gasteiger partial charge is 0.496 e. The van der Waals surface area contributed by atoms with Crippen LogP contribution in [-0.2, 0) is 31.2 Å². The average Bonchev–Trinajstić information content (AvgIpc) is 3.32. The Balaban J connectivity index is 1.44. The molecule has 6 heteroatoms. The minimum Gasteiger partial charge on any atom is -0.496 e. The molecule has 2 aromatic rings. The topological polar surface area (TPSA) is 61.5 Å². The van der Waals surface area contributed by atoms with Crippen LogP contribution >= 0.6 is 0 Å². The van der Waals surface area contributed by atoms with Crippen molar-refractivity contribution in [1.29, 1.82) is 0 Å². The number of anilines is 1. The van der Waals surface area contributed by atoms with Gasteiger partial charge in [-0.05, 0) is 68.7 Å². The number of ether oxygens (including phenoxy) is 1. The highest BCUT2D eigenvalue weighted by Crippen LogP contribution is 2.44. The molecule has 1 unspecified atom stereocenters. The Kier molecular flexibility index (Phi) is 4.85. The van der Waals surface area contributed by atoms with Gasteiger partial charge >= 0.3 is 0 Å². The van der Waals surface area contributed by atoms with E-state index < -0.39 is 0 Å². The van der Waals surface area contributed by atoms with Crippen LogP contribution in [0.5, 0.6) is 5.75 Å². The van der Waals surface area contributed by atoms with Crippen molar-refractivity contribution in [3.8, 4) is 5.75 Å². The maximum Gasteiger partial charge on any atom is 0.255 e. The smallest absolute Gasteiger partial charge is 0.255 e. The monoisotopic (exact) mass is 408 g/mol. The lowest BCUT2D eigenvalue weighted by atomic mass is 9.77. The molecule has 1 fully saturated rings. The predicted octanol–water partition coefficient (Wildman–Crippen LogP) is 2.81. The summed E-state index contributed by atoms with van der Waals surface area (Å²) in [5, 5.41) is 0. The minimum absolute atomic E-state index is 0.00341. The number of fused-ring (bicyclic) bond motifs is 3. The van der Waals surface area contributed by atoms with Crippen LogP contribution in [0.25, 0.3) is 0 Å². The molecule has 6 nitrogen and oxygen atoms in total. The molecule has 0 saturated carbocycles. The van der Waals surface area contributed by atoms with E-state index in [4.69, 9.17) is 9.72 Å². The zero-order valence-corrected chi connectivity index (χ0v) is 18.4. The Morgan fingerprint density at radius 1 is 1.17 bits per heavy atom. The van der Waals surface area contributed by atoms with Gasteiger partial charge in [-0.3, -0.25) is 14.7 Å². The Morgan fingerprint density at radius 2 is 1.97 bits per heavy atom. The summed E-state index contributed by atoms with van der Waals surface area (Å²) in [4.78, 5) is 25.0. The number of aromatic nitrogens is 2. The third-order valence-corrected chi connectivity index (χ3v) is 7.33. The van der Waals surface area contributed by atoms with Gasteiger partial charge in [0.2, 0.25) is 5.95 Å². The van der Waals surface area contributed by atoms with Crippen molar-refractivity contribution in [2.45, 2.75) is 56.9 Å². The first-order chi connectivity index (χ1) is 14.5. The van der Waals surface area contributed by atoms with Gasteiger partial charge in [-0.15, -0.1) is 0 Å². The van der Waals surface area contributed by atoms with Crippen LogP contribution in [0.15, 0.2) is 16.9 Å². The standard InChI is InChI=1S/C24H32N4O2/c1-27(2)23-25-21-19(22(29)26-23)8-10-24(21)9-5-11-28(15-24)14-18-12-16-6-4-7-17(16)13-20(18)30-3/h12-13H,4-11,14-15H2,1-3H3,(H,25,26,29). The van der Waals surface area contributed by atoms with E-state index in [0.29, 0.717) is 5.95 Å². The lowest BCUT2D eigenvalue weighted by molar-refractivity contribution is 0.135. The molecule has 1 aromatic heterocycles. The lowest BCUT2D eigenvalue weighted by Crippen LogP contribution is -2.45. The highest BCUT2D eigenvalue weighted by Gasteiger charge is 2.44. The number of likely N-dealkylation sites (tertiary alicyclic amines) is 1. The molecule has 30 heavy (non-hydrogen) atoms. The molecule has 160 valence electrons. The van der Waals surface area contributed by atoms with E-state index >= 15 is 0 Å². The fraction of sp³-hybridized carbons (Fsp3) is 0.583. The molecule has 3 aliphatic rings. The van der Waals surface area contributed by atoms with Gasteiger partial charge in [0.25, 0.3) is 5.56 Å². The predicted molar refractivity (Wildman–Crippen MR) is 119 cm³/mol. The second-order valence-corrected chi connectivity index (χ2v) is 9.49. The van der Waals surface area contributed by atoms with Crippen molar-refractivity contribution in [2.75, 3.05) is 39.2 Å². The van der Waals surface area contributed by atoms with E-state index in [1.54, 1.807) is 7.11 Å². The molecule has 2 aliphatic carbocycles. The maximum absolute atomic E-state index is 12.7. The number of hydrogen-bond acceptors (Lipinski definition) is 5. The lowest BCUT2D eigenvalue weighted by Gasteiger charge is -2.40. The molecule has 1 N–H and O–H groups in total. The normalized spacial score (nSPS) is 22.9. The molecule has 1 atom stereocenters. The van der Waals surface area contributed by atoms with Crippen LogP contribution in [0.2, 0.25) is 0 Å². The van der Waals surface area contributed by atoms with Gasteiger partial charge in [0.1, 0.15) is 5.75 Å². The SMILES string of the molecule is COc1cc2c(cc1CN1CCCC3(CCc4c3nc(N(C)C)[nH]c4=O)C1)CCC2. The Morgan fingerprint density at radius 3 is 2.73 bits per heavy atom. The Labute approximate surface area is 178 Å². The number of nitrogens with zero attached hydrogens (tertiary/aromatic N) is 3. The Hall–Kier alpha value is -2.34. The third kappa shape index (κ3) is 3.22. The summed E-state index contributed by atoms with van der Waals surface area (Å²) in [7, 11) is 5.64. The minimum atomic E-state index is -0.00341. The first-order valence-electron chi connectivity index (χ1n) is 11.2. The highest BCUT2D eigenvalue weighted by atomic mass is 16.5. The molecule has 0 amide bonds. The quantitative estimate of drug-likeness (QED) is 0.843. The van der Waals surface area contributed by atoms with Crippen molar-refractivity contribution < 1.29 is 4.74 Å². The van der Waals surface area contributed by atoms with Crippen LogP contribution in [0.1, 0.15) is 53.6 Å². The van der Waals surface area contributed by atoms with E-state index in [0.717, 1.165) is 62.3 Å². The highest BCUT2D eigenvalue weighted by molar-refractivity contribution is 5.45. The first kappa shape index (κ1) is 19.6. The molecule has 1 spiro atoms. The van der Waals surface area contributed by atoms with Gasteiger partial charge < -0.3 is 9.64 Å². The van der Waals surface area contributed by atoms with Crippen LogP contribution < -0.4 is 15.2 Å². The van der Waals surface area contributed by atoms with E-state index in [-0.39, 0.29) is 11.0 Å². The second kappa shape index (κ2) is 7.41. The number of piperidine rings is 1. The van der Waals surface area contributed by atoms with Crippen LogP contribution in [-0.4, -0.2) is 49.2 Å². The van der Waals surface area contributed by atoms with Crippen LogP contribution in [0.4, 0.5) is 5.95 Å². The van der Waals surface area contributed by atoms with Gasteiger partial charge in [0.05, 0.1) is 12.8 Å². The average molecular weight is 409 g/mol. The summed E-state index contributed by atoms with van der Waals surface area (Å²) < 4.78 is 5.75. The molecule has 1 saturated heterocycles. The number of aromatic amines is 1. The summed E-state index contributed by atoms with van der Waals surface area (Å²) >= 11 is 0. The summed E-state index contributed by atoms with van der Waals surface area (Å²) in [5.41, 5.74) is 6.22. The van der Waals surface area contributed by atoms with E-state index in [1.165, 1.54) is 36.0 Å². The zero-order valence-electron chi connectivity index (χ0n) is 18.4. The van der Waals surface area contributed by atoms with E-state index in [1.807, 2.05) is 19.0 Å². The molecule has 5 rings (SSSR count). The fourth-order valence-corrected chi connectivity index (χ4v) is 5.82. The molecule has 2 heterocycles. The number of hydrogen-bond donors (Lipinski definition) is 1. The maximum atomic E-state index is 12.7. The summed E-state index contributed by atoms with van der Waals surface area (Å²) in [6.45, 7) is 2.95. The summed E-state index contributed by atoms with van der Waals surface area (Å²) in [5.74, 6) is 1.68. The number of benzene rings is 1. The van der Waals surface area contributed by atoms with Gasteiger partial charge in [-0.1, -0.05) is 6.07 Å². The first-order valence-corrected chi connectivity index (χ1v) is 11.2. The third-order valence-electron chi connectivity index (χ3n) is 7.33. The number of nitrogens with one attached hydrogen (secondary N) is 1. The van der Waals surface area contributed by atoms with Gasteiger partial charge in [0, 0.05) is 43.7 Å². The molecular formula is C24H32N4O2. The molecule has 1 aliphatic heterocycles. The van der Waals surface area contributed by atoms with Crippen molar-refractivity contribution in [3.05, 3.63) is 50.4 Å². The molecule has 0 bridgehead atoms. The number of rotatable bonds is 4. The number of H-pyrrole nitrogens is 1. The van der Waals surface area contributed by atoms with Crippen LogP contribution in [0.3, 0.4) is 0 Å². The molecule has 1 aromatic carbocycles. The number of methoxy groups -OCH3 is 1. The molecular weight excluding hydrogens is 376 g/mol.